The summed E-state index contributed by atoms with van der Waals surface area (Å²) in [6.45, 7) is 1.78. The second-order valence-corrected chi connectivity index (χ2v) is 5.15. The predicted molar refractivity (Wildman–Crippen MR) is 81.3 cm³/mol. The van der Waals surface area contributed by atoms with Crippen LogP contribution in [0.2, 0.25) is 0 Å². The molecule has 0 aliphatic heterocycles. The molecule has 0 fully saturated rings. The molecular formula is C15H15N5O2. The fourth-order valence-corrected chi connectivity index (χ4v) is 2.66. The summed E-state index contributed by atoms with van der Waals surface area (Å²) in [5, 5.41) is 5.32. The van der Waals surface area contributed by atoms with Gasteiger partial charge >= 0.3 is 0 Å². The first-order chi connectivity index (χ1) is 10.6. The molecule has 2 heterocycles. The van der Waals surface area contributed by atoms with Crippen LogP contribution in [0.5, 0.6) is 0 Å². The highest BCUT2D eigenvalue weighted by molar-refractivity contribution is 5.77. The Morgan fingerprint density at radius 3 is 2.59 bits per heavy atom. The number of nitrogens with one attached hydrogen (secondary N) is 2. The van der Waals surface area contributed by atoms with Gasteiger partial charge < -0.3 is 10.8 Å². The van der Waals surface area contributed by atoms with Crippen molar-refractivity contribution in [1.29, 1.82) is 0 Å². The fraction of sp³-hybridized carbons (Fsp3) is 0.200. The van der Waals surface area contributed by atoms with Gasteiger partial charge in [-0.25, -0.2) is 0 Å². The van der Waals surface area contributed by atoms with Gasteiger partial charge in [0.05, 0.1) is 11.0 Å². The lowest BCUT2D eigenvalue weighted by molar-refractivity contribution is -0.118. The Kier molecular flexibility index (Phi) is 3.46. The SMILES string of the molecule is Cc1[nH][nH]c(=O)c1[C@@H](CC(N)=O)c1ccc2nccnc2c1. The number of hydrogen-bond acceptors (Lipinski definition) is 4. The first-order valence-corrected chi connectivity index (χ1v) is 6.82. The second kappa shape index (κ2) is 5.44. The third-order valence-corrected chi connectivity index (χ3v) is 3.66. The molecule has 2 aromatic heterocycles. The number of fused-ring (bicyclic) bond motifs is 1. The second-order valence-electron chi connectivity index (χ2n) is 5.15. The molecule has 0 unspecified atom stereocenters. The number of nitrogens with two attached hydrogens (primary N) is 1. The molecule has 0 bridgehead atoms. The molecule has 0 saturated carbocycles. The van der Waals surface area contributed by atoms with Crippen molar-refractivity contribution in [2.45, 2.75) is 19.3 Å². The monoisotopic (exact) mass is 297 g/mol. The normalized spacial score (nSPS) is 12.4. The number of aryl methyl sites for hydroxylation is 1. The Labute approximate surface area is 125 Å². The van der Waals surface area contributed by atoms with Crippen molar-refractivity contribution < 1.29 is 4.79 Å². The van der Waals surface area contributed by atoms with E-state index in [9.17, 15) is 9.59 Å². The molecule has 4 N–H and O–H groups in total. The van der Waals surface area contributed by atoms with Gasteiger partial charge in [-0.1, -0.05) is 6.07 Å². The molecular weight excluding hydrogens is 282 g/mol. The number of aromatic amines is 2. The number of carbonyl (C=O) groups excluding carboxylic acids is 1. The van der Waals surface area contributed by atoms with Crippen molar-refractivity contribution in [1.82, 2.24) is 20.2 Å². The van der Waals surface area contributed by atoms with E-state index in [-0.39, 0.29) is 12.0 Å². The van der Waals surface area contributed by atoms with Crippen molar-refractivity contribution in [3.63, 3.8) is 0 Å². The average Bonchev–Trinajstić information content (AvgIpc) is 2.83. The summed E-state index contributed by atoms with van der Waals surface area (Å²) in [7, 11) is 0. The van der Waals surface area contributed by atoms with Gasteiger partial charge in [0.2, 0.25) is 5.91 Å². The number of benzene rings is 1. The summed E-state index contributed by atoms with van der Waals surface area (Å²) in [6.07, 6.45) is 3.26. The summed E-state index contributed by atoms with van der Waals surface area (Å²) < 4.78 is 0. The molecule has 112 valence electrons. The smallest absolute Gasteiger partial charge is 0.267 e. The van der Waals surface area contributed by atoms with Crippen LogP contribution in [-0.2, 0) is 4.79 Å². The van der Waals surface area contributed by atoms with E-state index in [0.29, 0.717) is 16.8 Å². The van der Waals surface area contributed by atoms with Crippen LogP contribution >= 0.6 is 0 Å². The lowest BCUT2D eigenvalue weighted by Crippen LogP contribution is -2.20. The number of primary amides is 1. The highest BCUT2D eigenvalue weighted by Crippen LogP contribution is 2.28. The van der Waals surface area contributed by atoms with Crippen LogP contribution in [0.3, 0.4) is 0 Å². The third kappa shape index (κ3) is 2.48. The van der Waals surface area contributed by atoms with E-state index in [0.717, 1.165) is 11.1 Å². The fourth-order valence-electron chi connectivity index (χ4n) is 2.66. The van der Waals surface area contributed by atoms with Gasteiger partial charge in [0, 0.05) is 36.0 Å². The Hall–Kier alpha value is -2.96. The summed E-state index contributed by atoms with van der Waals surface area (Å²) in [6, 6.07) is 5.50. The van der Waals surface area contributed by atoms with Gasteiger partial charge in [-0.15, -0.1) is 0 Å². The first-order valence-electron chi connectivity index (χ1n) is 6.82. The molecule has 0 spiro atoms. The van der Waals surface area contributed by atoms with Crippen LogP contribution in [0.25, 0.3) is 11.0 Å². The van der Waals surface area contributed by atoms with Crippen LogP contribution in [0, 0.1) is 6.92 Å². The molecule has 0 radical (unpaired) electrons. The minimum Gasteiger partial charge on any atom is -0.370 e. The Morgan fingerprint density at radius 1 is 1.23 bits per heavy atom. The van der Waals surface area contributed by atoms with Gasteiger partial charge in [0.25, 0.3) is 5.56 Å². The van der Waals surface area contributed by atoms with E-state index in [4.69, 9.17) is 5.73 Å². The summed E-state index contributed by atoms with van der Waals surface area (Å²) in [5.74, 6) is -0.886. The Bertz CT molecular complexity index is 896. The summed E-state index contributed by atoms with van der Waals surface area (Å²) in [5.41, 5.74) is 8.59. The quantitative estimate of drug-likeness (QED) is 0.664. The van der Waals surface area contributed by atoms with Gasteiger partial charge in [0.15, 0.2) is 0 Å². The van der Waals surface area contributed by atoms with Gasteiger partial charge in [-0.05, 0) is 24.6 Å². The minimum absolute atomic E-state index is 0.0491. The number of nitrogens with zero attached hydrogens (tertiary/aromatic N) is 2. The summed E-state index contributed by atoms with van der Waals surface area (Å²) >= 11 is 0. The molecule has 1 atom stereocenters. The van der Waals surface area contributed by atoms with Crippen LogP contribution < -0.4 is 11.3 Å². The number of hydrogen-bond donors (Lipinski definition) is 3. The van der Waals surface area contributed by atoms with Crippen LogP contribution in [0.4, 0.5) is 0 Å². The minimum atomic E-state index is -0.468. The van der Waals surface area contributed by atoms with Gasteiger partial charge in [0.1, 0.15) is 0 Å². The van der Waals surface area contributed by atoms with Crippen molar-refractivity contribution >= 4 is 16.9 Å². The van der Waals surface area contributed by atoms with Crippen LogP contribution in [0.15, 0.2) is 35.4 Å². The molecule has 7 heteroatoms. The molecule has 7 nitrogen and oxygen atoms in total. The molecule has 0 aliphatic rings. The highest BCUT2D eigenvalue weighted by Gasteiger charge is 2.23. The maximum atomic E-state index is 12.0. The van der Waals surface area contributed by atoms with Crippen LogP contribution in [0.1, 0.15) is 29.2 Å². The molecule has 1 aromatic carbocycles. The molecule has 22 heavy (non-hydrogen) atoms. The standard InChI is InChI=1S/C15H15N5O2/c1-8-14(15(22)20-19-8)10(7-13(16)21)9-2-3-11-12(6-9)18-5-4-17-11/h2-6,10H,7H2,1H3,(H2,16,21)(H2,19,20,22)/t10-/m0/s1. The molecule has 0 aliphatic carbocycles. The zero-order valence-electron chi connectivity index (χ0n) is 12.0. The van der Waals surface area contributed by atoms with E-state index >= 15 is 0 Å². The van der Waals surface area contributed by atoms with Crippen molar-refractivity contribution in [2.24, 2.45) is 5.73 Å². The lowest BCUT2D eigenvalue weighted by Gasteiger charge is -2.15. The van der Waals surface area contributed by atoms with Crippen molar-refractivity contribution in [3.8, 4) is 0 Å². The molecule has 3 aromatic rings. The molecule has 0 saturated heterocycles. The largest absolute Gasteiger partial charge is 0.370 e. The number of carbonyl (C=O) groups is 1. The molecule has 3 rings (SSSR count). The number of amides is 1. The molecule has 1 amide bonds. The van der Waals surface area contributed by atoms with E-state index in [1.54, 1.807) is 19.3 Å². The van der Waals surface area contributed by atoms with E-state index in [2.05, 4.69) is 20.2 Å². The zero-order chi connectivity index (χ0) is 15.7. The maximum Gasteiger partial charge on any atom is 0.267 e. The van der Waals surface area contributed by atoms with Crippen LogP contribution in [-0.4, -0.2) is 26.1 Å². The Balaban J connectivity index is 2.15. The van der Waals surface area contributed by atoms with Crippen molar-refractivity contribution in [3.05, 3.63) is 57.8 Å². The van der Waals surface area contributed by atoms with Gasteiger partial charge in [-0.3, -0.25) is 24.7 Å². The zero-order valence-corrected chi connectivity index (χ0v) is 12.0. The predicted octanol–water partition coefficient (Wildman–Crippen LogP) is 0.962. The van der Waals surface area contributed by atoms with E-state index in [1.807, 2.05) is 18.2 Å². The van der Waals surface area contributed by atoms with Crippen molar-refractivity contribution in [2.75, 3.05) is 0 Å². The number of rotatable bonds is 4. The average molecular weight is 297 g/mol. The van der Waals surface area contributed by atoms with Gasteiger partial charge in [-0.2, -0.15) is 0 Å². The third-order valence-electron chi connectivity index (χ3n) is 3.66. The lowest BCUT2D eigenvalue weighted by atomic mass is 9.88. The maximum absolute atomic E-state index is 12.0. The number of H-pyrrole nitrogens is 2. The first kappa shape index (κ1) is 14.0. The summed E-state index contributed by atoms with van der Waals surface area (Å²) in [4.78, 5) is 31.9. The highest BCUT2D eigenvalue weighted by atomic mass is 16.1. The number of aromatic nitrogens is 4. The Morgan fingerprint density at radius 2 is 1.95 bits per heavy atom. The van der Waals surface area contributed by atoms with E-state index < -0.39 is 11.8 Å². The van der Waals surface area contributed by atoms with E-state index in [1.165, 1.54) is 0 Å². The topological polar surface area (TPSA) is 118 Å².